The van der Waals surface area contributed by atoms with Crippen molar-refractivity contribution < 1.29 is 14.3 Å². The number of thioether (sulfide) groups is 1. The van der Waals surface area contributed by atoms with Gasteiger partial charge in [0.2, 0.25) is 0 Å². The molecule has 0 bridgehead atoms. The van der Waals surface area contributed by atoms with Gasteiger partial charge in [-0.3, -0.25) is 5.32 Å². The minimum Gasteiger partial charge on any atom is -0.458 e. The summed E-state index contributed by atoms with van der Waals surface area (Å²) in [5, 5.41) is 5.07. The first-order chi connectivity index (χ1) is 9.71. The third-order valence-corrected chi connectivity index (χ3v) is 3.03. The molecule has 0 aromatic carbocycles. The number of nitrogens with one attached hydrogen (secondary N) is 2. The third kappa shape index (κ3) is 6.48. The van der Waals surface area contributed by atoms with Gasteiger partial charge in [0, 0.05) is 11.1 Å². The van der Waals surface area contributed by atoms with E-state index >= 15 is 0 Å². The number of rotatable bonds is 4. The zero-order valence-corrected chi connectivity index (χ0v) is 13.7. The first kappa shape index (κ1) is 17.3. The molecule has 1 heterocycles. The molecule has 7 heteroatoms. The lowest BCUT2D eigenvalue weighted by Crippen LogP contribution is -2.44. The lowest BCUT2D eigenvalue weighted by Gasteiger charge is -2.22. The van der Waals surface area contributed by atoms with Gasteiger partial charge in [0.15, 0.2) is 0 Å². The van der Waals surface area contributed by atoms with Gasteiger partial charge in [0.25, 0.3) is 0 Å². The number of amides is 2. The number of anilines is 1. The lowest BCUT2D eigenvalue weighted by molar-refractivity contribution is -0.156. The summed E-state index contributed by atoms with van der Waals surface area (Å²) in [6.45, 7) is 6.89. The van der Waals surface area contributed by atoms with Gasteiger partial charge < -0.3 is 10.1 Å². The van der Waals surface area contributed by atoms with E-state index in [1.807, 2.05) is 12.3 Å². The van der Waals surface area contributed by atoms with Gasteiger partial charge >= 0.3 is 12.0 Å². The Morgan fingerprint density at radius 3 is 2.48 bits per heavy atom. The number of pyridine rings is 1. The van der Waals surface area contributed by atoms with E-state index in [4.69, 9.17) is 4.74 Å². The summed E-state index contributed by atoms with van der Waals surface area (Å²) in [5.41, 5.74) is -0.585. The molecule has 0 aliphatic carbocycles. The summed E-state index contributed by atoms with van der Waals surface area (Å²) >= 11 is 1.56. The summed E-state index contributed by atoms with van der Waals surface area (Å²) in [7, 11) is 0. The molecule has 0 aliphatic heterocycles. The second kappa shape index (κ2) is 7.31. The van der Waals surface area contributed by atoms with Crippen LogP contribution >= 0.6 is 11.8 Å². The van der Waals surface area contributed by atoms with Crippen LogP contribution in [0, 0.1) is 0 Å². The average Bonchev–Trinajstić information content (AvgIpc) is 2.37. The van der Waals surface area contributed by atoms with Gasteiger partial charge in [-0.2, -0.15) is 0 Å². The van der Waals surface area contributed by atoms with E-state index in [0.717, 1.165) is 4.90 Å². The van der Waals surface area contributed by atoms with Crippen LogP contribution in [0.15, 0.2) is 23.2 Å². The van der Waals surface area contributed by atoms with Crippen molar-refractivity contribution in [3.8, 4) is 0 Å². The standard InChI is InChI=1S/C14H21N3O3S/c1-9(12(18)20-14(2,3)4)16-13(19)17-11-7-6-10(21-5)8-15-11/h6-9H,1-5H3,(H2,15,16,17,19)/t9-/m1/s1. The molecule has 1 aromatic rings. The normalized spacial score (nSPS) is 12.4. The van der Waals surface area contributed by atoms with Crippen LogP contribution < -0.4 is 10.6 Å². The molecule has 0 saturated heterocycles. The highest BCUT2D eigenvalue weighted by Crippen LogP contribution is 2.14. The first-order valence-electron chi connectivity index (χ1n) is 6.51. The molecule has 21 heavy (non-hydrogen) atoms. The number of hydrogen-bond donors (Lipinski definition) is 2. The van der Waals surface area contributed by atoms with Gasteiger partial charge in [-0.25, -0.2) is 14.6 Å². The second-order valence-electron chi connectivity index (χ2n) is 5.44. The summed E-state index contributed by atoms with van der Waals surface area (Å²) in [6.07, 6.45) is 3.61. The van der Waals surface area contributed by atoms with E-state index in [2.05, 4.69) is 15.6 Å². The predicted molar refractivity (Wildman–Crippen MR) is 83.5 cm³/mol. The second-order valence-corrected chi connectivity index (χ2v) is 6.32. The summed E-state index contributed by atoms with van der Waals surface area (Å²) in [4.78, 5) is 28.6. The lowest BCUT2D eigenvalue weighted by atomic mass is 10.2. The number of nitrogens with zero attached hydrogens (tertiary/aromatic N) is 1. The molecule has 0 fully saturated rings. The van der Waals surface area contributed by atoms with E-state index < -0.39 is 23.6 Å². The fourth-order valence-electron chi connectivity index (χ4n) is 1.37. The molecule has 1 atom stereocenters. The Bertz CT molecular complexity index is 497. The maximum absolute atomic E-state index is 11.8. The van der Waals surface area contributed by atoms with Gasteiger partial charge in [0.1, 0.15) is 17.5 Å². The van der Waals surface area contributed by atoms with Gasteiger partial charge in [-0.1, -0.05) is 0 Å². The fourth-order valence-corrected chi connectivity index (χ4v) is 1.74. The molecule has 116 valence electrons. The van der Waals surface area contributed by atoms with E-state index in [0.29, 0.717) is 5.82 Å². The number of ether oxygens (including phenoxy) is 1. The molecular weight excluding hydrogens is 290 g/mol. The van der Waals surface area contributed by atoms with Crippen molar-refractivity contribution in [1.82, 2.24) is 10.3 Å². The molecule has 1 rings (SSSR count). The number of carbonyl (C=O) groups excluding carboxylic acids is 2. The molecule has 0 radical (unpaired) electrons. The van der Waals surface area contributed by atoms with Crippen LogP contribution in [0.1, 0.15) is 27.7 Å². The molecule has 2 N–H and O–H groups in total. The summed E-state index contributed by atoms with van der Waals surface area (Å²) < 4.78 is 5.18. The minimum atomic E-state index is -0.741. The number of carbonyl (C=O) groups is 2. The van der Waals surface area contributed by atoms with Crippen LogP contribution in [0.2, 0.25) is 0 Å². The molecule has 0 aliphatic rings. The van der Waals surface area contributed by atoms with Crippen molar-refractivity contribution >= 4 is 29.6 Å². The topological polar surface area (TPSA) is 80.3 Å². The highest BCUT2D eigenvalue weighted by molar-refractivity contribution is 7.98. The largest absolute Gasteiger partial charge is 0.458 e. The quantitative estimate of drug-likeness (QED) is 0.660. The van der Waals surface area contributed by atoms with Crippen LogP contribution in [0.3, 0.4) is 0 Å². The van der Waals surface area contributed by atoms with E-state index in [-0.39, 0.29) is 0 Å². The van der Waals surface area contributed by atoms with Crippen molar-refractivity contribution in [2.45, 2.75) is 44.2 Å². The van der Waals surface area contributed by atoms with E-state index in [1.165, 1.54) is 0 Å². The van der Waals surface area contributed by atoms with Crippen LogP contribution in [0.5, 0.6) is 0 Å². The first-order valence-corrected chi connectivity index (χ1v) is 7.74. The Morgan fingerprint density at radius 2 is 2.00 bits per heavy atom. The zero-order chi connectivity index (χ0) is 16.0. The third-order valence-electron chi connectivity index (χ3n) is 2.32. The fraction of sp³-hybridized carbons (Fsp3) is 0.500. The van der Waals surface area contributed by atoms with Gasteiger partial charge in [-0.15, -0.1) is 11.8 Å². The Balaban J connectivity index is 2.50. The van der Waals surface area contributed by atoms with Gasteiger partial charge in [-0.05, 0) is 46.1 Å². The molecule has 2 amide bonds. The zero-order valence-electron chi connectivity index (χ0n) is 12.9. The predicted octanol–water partition coefficient (Wildman–Crippen LogP) is 2.66. The maximum atomic E-state index is 11.8. The van der Waals surface area contributed by atoms with Crippen molar-refractivity contribution in [3.63, 3.8) is 0 Å². The monoisotopic (exact) mass is 311 g/mol. The van der Waals surface area contributed by atoms with Crippen LogP contribution in [0.4, 0.5) is 10.6 Å². The van der Waals surface area contributed by atoms with Crippen molar-refractivity contribution in [3.05, 3.63) is 18.3 Å². The van der Waals surface area contributed by atoms with Crippen LogP contribution in [-0.4, -0.2) is 34.9 Å². The SMILES string of the molecule is CSc1ccc(NC(=O)N[C@H](C)C(=O)OC(C)(C)C)nc1. The van der Waals surface area contributed by atoms with Crippen LogP contribution in [-0.2, 0) is 9.53 Å². The molecular formula is C14H21N3O3S. The molecule has 0 saturated carbocycles. The minimum absolute atomic E-state index is 0.418. The highest BCUT2D eigenvalue weighted by atomic mass is 32.2. The number of hydrogen-bond acceptors (Lipinski definition) is 5. The number of urea groups is 1. The Labute approximate surface area is 129 Å². The van der Waals surface area contributed by atoms with E-state index in [1.54, 1.807) is 51.7 Å². The Kier molecular flexibility index (Phi) is 6.02. The van der Waals surface area contributed by atoms with Crippen molar-refractivity contribution in [1.29, 1.82) is 0 Å². The Hall–Kier alpha value is -1.76. The number of aromatic nitrogens is 1. The van der Waals surface area contributed by atoms with E-state index in [9.17, 15) is 9.59 Å². The molecule has 6 nitrogen and oxygen atoms in total. The number of esters is 1. The van der Waals surface area contributed by atoms with Crippen molar-refractivity contribution in [2.75, 3.05) is 11.6 Å². The average molecular weight is 311 g/mol. The molecule has 0 unspecified atom stereocenters. The molecule has 0 spiro atoms. The maximum Gasteiger partial charge on any atom is 0.328 e. The summed E-state index contributed by atoms with van der Waals surface area (Å²) in [6, 6.07) is 2.31. The van der Waals surface area contributed by atoms with Crippen molar-refractivity contribution in [2.24, 2.45) is 0 Å². The Morgan fingerprint density at radius 1 is 1.33 bits per heavy atom. The summed E-state index contributed by atoms with van der Waals surface area (Å²) in [5.74, 6) is -0.0648. The molecule has 1 aromatic heterocycles. The van der Waals surface area contributed by atoms with Crippen LogP contribution in [0.25, 0.3) is 0 Å². The van der Waals surface area contributed by atoms with Gasteiger partial charge in [0.05, 0.1) is 0 Å². The smallest absolute Gasteiger partial charge is 0.328 e. The highest BCUT2D eigenvalue weighted by Gasteiger charge is 2.22.